The van der Waals surface area contributed by atoms with E-state index < -0.39 is 46.1 Å². The third-order valence-corrected chi connectivity index (χ3v) is 3.05. The van der Waals surface area contributed by atoms with Gasteiger partial charge in [-0.2, -0.15) is 0 Å². The summed E-state index contributed by atoms with van der Waals surface area (Å²) in [6.45, 7) is 0. The highest BCUT2D eigenvalue weighted by Gasteiger charge is 2.23. The lowest BCUT2D eigenvalue weighted by atomic mass is 9.96. The third kappa shape index (κ3) is 3.05. The summed E-state index contributed by atoms with van der Waals surface area (Å²) in [6.07, 6.45) is 2.68. The molecule has 0 aliphatic heterocycles. The second-order valence-corrected chi connectivity index (χ2v) is 4.59. The first-order valence-corrected chi connectivity index (χ1v) is 6.12. The molecule has 0 atom stereocenters. The van der Waals surface area contributed by atoms with Crippen molar-refractivity contribution in [3.63, 3.8) is 0 Å². The zero-order valence-corrected chi connectivity index (χ0v) is 11.3. The predicted octanol–water partition coefficient (Wildman–Crippen LogP) is 1.22. The number of hydrogen-bond acceptors (Lipinski definition) is 6. The molecule has 1 aliphatic rings. The van der Waals surface area contributed by atoms with Gasteiger partial charge in [-0.15, -0.1) is 0 Å². The van der Waals surface area contributed by atoms with Crippen LogP contribution in [0.1, 0.15) is 15.9 Å². The van der Waals surface area contributed by atoms with Crippen molar-refractivity contribution in [2.75, 3.05) is 0 Å². The first-order chi connectivity index (χ1) is 10.7. The molecule has 2 rings (SSSR count). The number of aromatic hydroxyl groups is 2. The van der Waals surface area contributed by atoms with E-state index in [0.29, 0.717) is 6.08 Å². The Balaban J connectivity index is 2.59. The lowest BCUT2D eigenvalue weighted by Gasteiger charge is -2.10. The molecule has 0 heterocycles. The van der Waals surface area contributed by atoms with Gasteiger partial charge in [-0.25, -0.2) is 9.59 Å². The molecule has 5 N–H and O–H groups in total. The van der Waals surface area contributed by atoms with Crippen LogP contribution >= 0.6 is 0 Å². The Bertz CT molecular complexity index is 826. The number of allylic oxidation sites excluding steroid dienone is 2. The molecule has 1 aliphatic carbocycles. The van der Waals surface area contributed by atoms with E-state index in [2.05, 4.69) is 0 Å². The second-order valence-electron chi connectivity index (χ2n) is 4.59. The zero-order chi connectivity index (χ0) is 17.3. The maximum Gasteiger partial charge on any atom is 0.339 e. The lowest BCUT2D eigenvalue weighted by molar-refractivity contribution is -0.134. The molecular formula is C15H10O8. The Morgan fingerprint density at radius 2 is 1.57 bits per heavy atom. The molecule has 8 nitrogen and oxygen atoms in total. The summed E-state index contributed by atoms with van der Waals surface area (Å²) in [5, 5.41) is 46.7. The van der Waals surface area contributed by atoms with E-state index in [1.54, 1.807) is 0 Å². The number of aliphatic carboxylic acids is 1. The summed E-state index contributed by atoms with van der Waals surface area (Å²) in [6, 6.07) is 1.74. The largest absolute Gasteiger partial charge is 0.507 e. The van der Waals surface area contributed by atoms with E-state index >= 15 is 0 Å². The summed E-state index contributed by atoms with van der Waals surface area (Å²) >= 11 is 0. The van der Waals surface area contributed by atoms with Crippen molar-refractivity contribution in [2.45, 2.75) is 0 Å². The van der Waals surface area contributed by atoms with Gasteiger partial charge in [0.15, 0.2) is 5.78 Å². The van der Waals surface area contributed by atoms with Crippen LogP contribution in [0.2, 0.25) is 0 Å². The van der Waals surface area contributed by atoms with E-state index in [1.165, 1.54) is 0 Å². The number of hydrogen-bond donors (Lipinski definition) is 5. The Morgan fingerprint density at radius 1 is 0.913 bits per heavy atom. The van der Waals surface area contributed by atoms with Crippen molar-refractivity contribution in [1.29, 1.82) is 0 Å². The van der Waals surface area contributed by atoms with Gasteiger partial charge < -0.3 is 25.5 Å². The van der Waals surface area contributed by atoms with Gasteiger partial charge in [-0.3, -0.25) is 4.79 Å². The number of aliphatic hydroxyl groups excluding tert-OH is 1. The molecule has 1 aromatic carbocycles. The van der Waals surface area contributed by atoms with Gasteiger partial charge in [-0.05, 0) is 18.2 Å². The Kier molecular flexibility index (Phi) is 3.91. The van der Waals surface area contributed by atoms with Crippen LogP contribution < -0.4 is 0 Å². The molecule has 0 unspecified atom stereocenters. The van der Waals surface area contributed by atoms with Crippen LogP contribution in [-0.4, -0.2) is 43.3 Å². The van der Waals surface area contributed by atoms with Crippen molar-refractivity contribution < 1.29 is 39.9 Å². The van der Waals surface area contributed by atoms with Crippen LogP contribution in [0, 0.1) is 0 Å². The SMILES string of the molecule is O=C(O)C1=C/C(=C/c2cc(C(=O)O)c(O)cc2O)C(O)=CC1=O. The molecule has 0 saturated carbocycles. The molecule has 0 spiro atoms. The number of phenolic OH excluding ortho intramolecular Hbond substituents is 1. The number of carbonyl (C=O) groups excluding carboxylic acids is 1. The maximum absolute atomic E-state index is 11.4. The summed E-state index contributed by atoms with van der Waals surface area (Å²) < 4.78 is 0. The van der Waals surface area contributed by atoms with Gasteiger partial charge >= 0.3 is 11.9 Å². The minimum Gasteiger partial charge on any atom is -0.507 e. The molecule has 0 radical (unpaired) electrons. The number of carboxylic acids is 2. The molecule has 0 bridgehead atoms. The van der Waals surface area contributed by atoms with Crippen LogP contribution in [0.15, 0.2) is 41.2 Å². The number of phenols is 2. The number of aromatic carboxylic acids is 1. The summed E-state index contributed by atoms with van der Waals surface area (Å²) in [5.74, 6) is -5.52. The van der Waals surface area contributed by atoms with Crippen molar-refractivity contribution in [2.24, 2.45) is 0 Å². The summed E-state index contributed by atoms with van der Waals surface area (Å²) in [7, 11) is 0. The predicted molar refractivity (Wildman–Crippen MR) is 76.1 cm³/mol. The zero-order valence-electron chi connectivity index (χ0n) is 11.3. The molecular weight excluding hydrogens is 308 g/mol. The summed E-state index contributed by atoms with van der Waals surface area (Å²) in [5.41, 5.74) is -1.29. The van der Waals surface area contributed by atoms with Gasteiger partial charge in [0.05, 0.1) is 0 Å². The van der Waals surface area contributed by atoms with Gasteiger partial charge in [0, 0.05) is 23.3 Å². The second kappa shape index (κ2) is 5.68. The van der Waals surface area contributed by atoms with Gasteiger partial charge in [0.2, 0.25) is 0 Å². The van der Waals surface area contributed by atoms with E-state index in [-0.39, 0.29) is 11.1 Å². The molecule has 1 aromatic rings. The standard InChI is InChI=1S/C15H10O8/c16-10-4-12(18)8(14(20)21)2-6(10)1-7-3-9(15(22)23)13(19)5-11(7)17/h1-5,16-18H,(H,20,21)(H,22,23)/b7-1-. The van der Waals surface area contributed by atoms with Crippen LogP contribution in [-0.2, 0) is 9.59 Å². The van der Waals surface area contributed by atoms with Gasteiger partial charge in [-0.1, -0.05) is 0 Å². The molecule has 0 amide bonds. The number of benzene rings is 1. The normalized spacial score (nSPS) is 16.0. The number of rotatable bonds is 3. The highest BCUT2D eigenvalue weighted by molar-refractivity contribution is 6.23. The highest BCUT2D eigenvalue weighted by atomic mass is 16.4. The number of ketones is 1. The van der Waals surface area contributed by atoms with Crippen LogP contribution in [0.3, 0.4) is 0 Å². The quantitative estimate of drug-likeness (QED) is 0.521. The average molecular weight is 318 g/mol. The Labute approximate surface area is 128 Å². The monoisotopic (exact) mass is 318 g/mol. The van der Waals surface area contributed by atoms with Crippen molar-refractivity contribution >= 4 is 23.8 Å². The van der Waals surface area contributed by atoms with E-state index in [1.807, 2.05) is 0 Å². The van der Waals surface area contributed by atoms with Crippen molar-refractivity contribution in [3.05, 3.63) is 52.3 Å². The molecule has 23 heavy (non-hydrogen) atoms. The van der Waals surface area contributed by atoms with Crippen molar-refractivity contribution in [1.82, 2.24) is 0 Å². The molecule has 0 aromatic heterocycles. The van der Waals surface area contributed by atoms with Gasteiger partial charge in [0.25, 0.3) is 0 Å². The maximum atomic E-state index is 11.4. The van der Waals surface area contributed by atoms with Gasteiger partial charge in [0.1, 0.15) is 28.4 Å². The topological polar surface area (TPSA) is 152 Å². The fourth-order valence-electron chi connectivity index (χ4n) is 1.92. The van der Waals surface area contributed by atoms with Crippen LogP contribution in [0.25, 0.3) is 6.08 Å². The minimum atomic E-state index is -1.49. The Hall–Kier alpha value is -3.55. The summed E-state index contributed by atoms with van der Waals surface area (Å²) in [4.78, 5) is 33.3. The average Bonchev–Trinajstić information content (AvgIpc) is 2.43. The first-order valence-electron chi connectivity index (χ1n) is 6.12. The van der Waals surface area contributed by atoms with E-state index in [9.17, 15) is 29.7 Å². The lowest BCUT2D eigenvalue weighted by Crippen LogP contribution is -2.14. The number of carboxylic acid groups (broad SMARTS) is 2. The number of carbonyl (C=O) groups is 3. The van der Waals surface area contributed by atoms with Crippen LogP contribution in [0.4, 0.5) is 0 Å². The fraction of sp³-hybridized carbons (Fsp3) is 0. The molecule has 0 fully saturated rings. The van der Waals surface area contributed by atoms with E-state index in [0.717, 1.165) is 24.3 Å². The van der Waals surface area contributed by atoms with E-state index in [4.69, 9.17) is 10.2 Å². The fourth-order valence-corrected chi connectivity index (χ4v) is 1.92. The minimum absolute atomic E-state index is 0.0921. The Morgan fingerprint density at radius 3 is 2.13 bits per heavy atom. The first kappa shape index (κ1) is 15.8. The molecule has 0 saturated heterocycles. The molecule has 118 valence electrons. The number of aliphatic hydroxyl groups is 1. The van der Waals surface area contributed by atoms with Crippen LogP contribution in [0.5, 0.6) is 11.5 Å². The highest BCUT2D eigenvalue weighted by Crippen LogP contribution is 2.31. The van der Waals surface area contributed by atoms with Crippen molar-refractivity contribution in [3.8, 4) is 11.5 Å². The smallest absolute Gasteiger partial charge is 0.339 e. The molecule has 8 heteroatoms. The third-order valence-electron chi connectivity index (χ3n) is 3.05.